The van der Waals surface area contributed by atoms with Crippen LogP contribution >= 0.6 is 0 Å². The molecule has 1 aromatic heterocycles. The third-order valence-electron chi connectivity index (χ3n) is 1.98. The Balaban J connectivity index is 2.28. The molecule has 0 fully saturated rings. The molecule has 0 N–H and O–H groups in total. The summed E-state index contributed by atoms with van der Waals surface area (Å²) in [6.45, 7) is 0. The van der Waals surface area contributed by atoms with Gasteiger partial charge >= 0.3 is 0 Å². The standard InChI is InChI=1S/C11H7N3O2/c12-14-13-11(15)6-5-9-7-8-3-1-2-4-10(8)16-9/h1-7H/b6-5+. The van der Waals surface area contributed by atoms with Gasteiger partial charge in [0.25, 0.3) is 0 Å². The van der Waals surface area contributed by atoms with Crippen LogP contribution in [0.1, 0.15) is 5.76 Å². The first kappa shape index (κ1) is 10.0. The number of hydrogen-bond donors (Lipinski definition) is 0. The van der Waals surface area contributed by atoms with Crippen molar-refractivity contribution < 1.29 is 9.21 Å². The molecular formula is C11H7N3O2. The molecule has 0 aliphatic carbocycles. The topological polar surface area (TPSA) is 79.0 Å². The SMILES string of the molecule is [N-]=[N+]=NC(=O)/C=C/c1cc2ccccc2o1. The maximum Gasteiger partial charge on any atom is 0.242 e. The quantitative estimate of drug-likeness (QED) is 0.332. The number of fused-ring (bicyclic) bond motifs is 1. The highest BCUT2D eigenvalue weighted by atomic mass is 16.3. The fraction of sp³-hybridized carbons (Fsp3) is 0. The van der Waals surface area contributed by atoms with E-state index in [9.17, 15) is 4.79 Å². The van der Waals surface area contributed by atoms with E-state index in [4.69, 9.17) is 9.95 Å². The number of carbonyl (C=O) groups is 1. The van der Waals surface area contributed by atoms with Gasteiger partial charge in [-0.1, -0.05) is 18.2 Å². The minimum atomic E-state index is -0.650. The molecule has 1 aromatic carbocycles. The number of furan rings is 1. The van der Waals surface area contributed by atoms with Crippen molar-refractivity contribution in [1.82, 2.24) is 0 Å². The molecule has 0 saturated carbocycles. The van der Waals surface area contributed by atoms with E-state index in [0.717, 1.165) is 17.0 Å². The molecule has 0 radical (unpaired) electrons. The second-order valence-corrected chi connectivity index (χ2v) is 3.05. The van der Waals surface area contributed by atoms with Crippen LogP contribution in [-0.4, -0.2) is 5.91 Å². The number of hydrogen-bond acceptors (Lipinski definition) is 2. The van der Waals surface area contributed by atoms with Gasteiger partial charge in [0.1, 0.15) is 11.3 Å². The predicted molar refractivity (Wildman–Crippen MR) is 59.4 cm³/mol. The van der Waals surface area contributed by atoms with Crippen LogP contribution in [-0.2, 0) is 4.79 Å². The predicted octanol–water partition coefficient (Wildman–Crippen LogP) is 3.28. The van der Waals surface area contributed by atoms with Crippen LogP contribution in [0.4, 0.5) is 0 Å². The summed E-state index contributed by atoms with van der Waals surface area (Å²) in [5.74, 6) is -0.106. The Morgan fingerprint density at radius 3 is 3.00 bits per heavy atom. The zero-order valence-electron chi connectivity index (χ0n) is 8.20. The number of benzene rings is 1. The lowest BCUT2D eigenvalue weighted by molar-refractivity contribution is -0.113. The first-order valence-corrected chi connectivity index (χ1v) is 4.55. The third kappa shape index (κ3) is 2.10. The second kappa shape index (κ2) is 4.33. The van der Waals surface area contributed by atoms with Gasteiger partial charge in [0.15, 0.2) is 0 Å². The van der Waals surface area contributed by atoms with Gasteiger partial charge < -0.3 is 4.42 Å². The Labute approximate surface area is 90.6 Å². The lowest BCUT2D eigenvalue weighted by Crippen LogP contribution is -1.81. The van der Waals surface area contributed by atoms with E-state index >= 15 is 0 Å². The summed E-state index contributed by atoms with van der Waals surface area (Å²) in [4.78, 5) is 13.3. The summed E-state index contributed by atoms with van der Waals surface area (Å²) in [6, 6.07) is 9.31. The van der Waals surface area contributed by atoms with E-state index in [2.05, 4.69) is 10.0 Å². The number of carbonyl (C=O) groups excluding carboxylic acids is 1. The molecule has 0 saturated heterocycles. The van der Waals surface area contributed by atoms with Gasteiger partial charge in [0.05, 0.1) is 0 Å². The van der Waals surface area contributed by atoms with Crippen molar-refractivity contribution in [2.24, 2.45) is 5.11 Å². The van der Waals surface area contributed by atoms with Crippen LogP contribution in [0.15, 0.2) is 45.9 Å². The van der Waals surface area contributed by atoms with Gasteiger partial charge in [-0.3, -0.25) is 4.79 Å². The monoisotopic (exact) mass is 213 g/mol. The molecule has 78 valence electrons. The highest BCUT2D eigenvalue weighted by Crippen LogP contribution is 2.19. The Morgan fingerprint density at radius 1 is 1.44 bits per heavy atom. The summed E-state index contributed by atoms with van der Waals surface area (Å²) in [5.41, 5.74) is 8.78. The molecule has 0 spiro atoms. The number of amides is 1. The maximum absolute atomic E-state index is 10.9. The normalized spacial score (nSPS) is 10.5. The molecule has 16 heavy (non-hydrogen) atoms. The van der Waals surface area contributed by atoms with Gasteiger partial charge in [0, 0.05) is 10.3 Å². The minimum absolute atomic E-state index is 0.544. The average molecular weight is 213 g/mol. The van der Waals surface area contributed by atoms with Crippen molar-refractivity contribution >= 4 is 23.0 Å². The van der Waals surface area contributed by atoms with Crippen molar-refractivity contribution in [2.75, 3.05) is 0 Å². The molecule has 1 amide bonds. The molecule has 0 atom stereocenters. The van der Waals surface area contributed by atoms with Gasteiger partial charge in [-0.25, -0.2) is 0 Å². The van der Waals surface area contributed by atoms with E-state index in [1.165, 1.54) is 6.08 Å². The highest BCUT2D eigenvalue weighted by Gasteiger charge is 1.99. The molecule has 2 rings (SSSR count). The van der Waals surface area contributed by atoms with E-state index in [0.29, 0.717) is 5.76 Å². The van der Waals surface area contributed by atoms with Crippen LogP contribution in [0, 0.1) is 0 Å². The molecule has 5 nitrogen and oxygen atoms in total. The zero-order chi connectivity index (χ0) is 11.4. The smallest absolute Gasteiger partial charge is 0.242 e. The lowest BCUT2D eigenvalue weighted by atomic mass is 10.2. The molecule has 0 unspecified atom stereocenters. The molecule has 0 aliphatic heterocycles. The molecule has 0 bridgehead atoms. The summed E-state index contributed by atoms with van der Waals surface area (Å²) in [6.07, 6.45) is 2.63. The van der Waals surface area contributed by atoms with E-state index < -0.39 is 5.91 Å². The Bertz CT molecular complexity index is 573. The van der Waals surface area contributed by atoms with Crippen LogP contribution in [0.5, 0.6) is 0 Å². The fourth-order valence-corrected chi connectivity index (χ4v) is 1.32. The van der Waals surface area contributed by atoms with Gasteiger partial charge in [-0.15, -0.1) is 0 Å². The largest absolute Gasteiger partial charge is 0.457 e. The van der Waals surface area contributed by atoms with Crippen LogP contribution in [0.2, 0.25) is 0 Å². The first-order valence-electron chi connectivity index (χ1n) is 4.55. The van der Waals surface area contributed by atoms with Crippen molar-refractivity contribution in [3.8, 4) is 0 Å². The third-order valence-corrected chi connectivity index (χ3v) is 1.98. The first-order chi connectivity index (χ1) is 7.79. The zero-order valence-corrected chi connectivity index (χ0v) is 8.20. The summed E-state index contributed by atoms with van der Waals surface area (Å²) in [7, 11) is 0. The summed E-state index contributed by atoms with van der Waals surface area (Å²) < 4.78 is 5.42. The highest BCUT2D eigenvalue weighted by molar-refractivity contribution is 5.92. The number of nitrogens with zero attached hydrogens (tertiary/aromatic N) is 3. The molecule has 2 aromatic rings. The minimum Gasteiger partial charge on any atom is -0.457 e. The Morgan fingerprint density at radius 2 is 2.25 bits per heavy atom. The van der Waals surface area contributed by atoms with E-state index in [1.807, 2.05) is 24.3 Å². The summed E-state index contributed by atoms with van der Waals surface area (Å²) in [5, 5.41) is 3.86. The lowest BCUT2D eigenvalue weighted by Gasteiger charge is -1.83. The van der Waals surface area contributed by atoms with Gasteiger partial charge in [-0.2, -0.15) is 0 Å². The van der Waals surface area contributed by atoms with E-state index in [1.54, 1.807) is 6.07 Å². The number of para-hydroxylation sites is 1. The number of rotatable bonds is 2. The maximum atomic E-state index is 10.9. The van der Waals surface area contributed by atoms with Gasteiger partial charge in [0.2, 0.25) is 5.91 Å². The molecule has 1 heterocycles. The molecular weight excluding hydrogens is 206 g/mol. The van der Waals surface area contributed by atoms with Crippen molar-refractivity contribution in [3.05, 3.63) is 52.6 Å². The average Bonchev–Trinajstić information content (AvgIpc) is 2.69. The molecule has 0 aliphatic rings. The Kier molecular flexibility index (Phi) is 2.71. The van der Waals surface area contributed by atoms with Crippen molar-refractivity contribution in [3.63, 3.8) is 0 Å². The Hall–Kier alpha value is -2.52. The van der Waals surface area contributed by atoms with Crippen LogP contribution < -0.4 is 0 Å². The van der Waals surface area contributed by atoms with Crippen LogP contribution in [0.3, 0.4) is 0 Å². The second-order valence-electron chi connectivity index (χ2n) is 3.05. The number of azide groups is 1. The fourth-order valence-electron chi connectivity index (χ4n) is 1.32. The van der Waals surface area contributed by atoms with Crippen molar-refractivity contribution in [1.29, 1.82) is 0 Å². The summed E-state index contributed by atoms with van der Waals surface area (Å²) >= 11 is 0. The molecule has 5 heteroatoms. The van der Waals surface area contributed by atoms with Crippen LogP contribution in [0.25, 0.3) is 27.5 Å². The van der Waals surface area contributed by atoms with E-state index in [-0.39, 0.29) is 0 Å². The van der Waals surface area contributed by atoms with Gasteiger partial charge in [-0.05, 0) is 34.9 Å². The van der Waals surface area contributed by atoms with Crippen molar-refractivity contribution in [2.45, 2.75) is 0 Å².